The van der Waals surface area contributed by atoms with Crippen LogP contribution in [0.15, 0.2) is 29.3 Å². The zero-order valence-corrected chi connectivity index (χ0v) is 5.83. The lowest BCUT2D eigenvalue weighted by Crippen LogP contribution is -2.17. The Morgan fingerprint density at radius 1 is 1.33 bits per heavy atom. The van der Waals surface area contributed by atoms with E-state index in [1.807, 2.05) is 24.4 Å². The van der Waals surface area contributed by atoms with E-state index < -0.39 is 0 Å². The molecule has 0 saturated heterocycles. The molecule has 1 aliphatic heterocycles. The molecule has 2 heteroatoms. The van der Waals surface area contributed by atoms with Crippen LogP contribution in [0.3, 0.4) is 0 Å². The van der Waals surface area contributed by atoms with Gasteiger partial charge < -0.3 is 0 Å². The van der Waals surface area contributed by atoms with Crippen LogP contribution in [-0.4, -0.2) is 19.5 Å². The van der Waals surface area contributed by atoms with E-state index in [2.05, 4.69) is 25.8 Å². The molecule has 9 heavy (non-hydrogen) atoms. The summed E-state index contributed by atoms with van der Waals surface area (Å²) in [5.41, 5.74) is -0.0104. The molecular weight excluding hydrogens is 109 g/mol. The van der Waals surface area contributed by atoms with Crippen LogP contribution in [-0.2, 0) is 0 Å². The number of allylic oxidation sites excluding steroid dienone is 3. The van der Waals surface area contributed by atoms with Crippen molar-refractivity contribution in [3.63, 3.8) is 0 Å². The first-order valence-electron chi connectivity index (χ1n) is 3.10. The van der Waals surface area contributed by atoms with Crippen molar-refractivity contribution in [3.8, 4) is 0 Å². The fourth-order valence-corrected chi connectivity index (χ4v) is 0.683. The van der Waals surface area contributed by atoms with Crippen LogP contribution in [0.25, 0.3) is 0 Å². The molecule has 1 rings (SSSR count). The predicted octanol–water partition coefficient (Wildman–Crippen LogP) is 0.532. The first-order valence-corrected chi connectivity index (χ1v) is 3.10. The zero-order chi connectivity index (χ0) is 6.74. The van der Waals surface area contributed by atoms with Crippen molar-refractivity contribution in [1.29, 1.82) is 0 Å². The first-order chi connectivity index (χ1) is 4.21. The minimum Gasteiger partial charge on any atom is -0.292 e. The molecule has 1 atom stereocenters. The number of rotatable bonds is 0. The summed E-state index contributed by atoms with van der Waals surface area (Å²) in [5, 5.41) is 0. The van der Waals surface area contributed by atoms with Crippen LogP contribution in [0, 0.1) is 0 Å². The quantitative estimate of drug-likeness (QED) is 0.412. The Morgan fingerprint density at radius 2 is 2.11 bits per heavy atom. The maximum absolute atomic E-state index is 4.26. The Balaban J connectivity index is 2.82. The first kappa shape index (κ1) is 6.34. The Hall–Kier alpha value is -0.785. The summed E-state index contributed by atoms with van der Waals surface area (Å²) in [7, 11) is 2.08. The molecule has 1 aliphatic rings. The molecule has 0 saturated carbocycles. The van der Waals surface area contributed by atoms with Gasteiger partial charge in [-0.15, -0.1) is 0 Å². The standard InChI is InChI=1S/C7H10BN/c1-7(8)5-3-2-4-6-9-7/h2-6H,8H2,1H3. The van der Waals surface area contributed by atoms with E-state index in [9.17, 15) is 0 Å². The summed E-state index contributed by atoms with van der Waals surface area (Å²) in [4.78, 5) is 4.26. The van der Waals surface area contributed by atoms with Gasteiger partial charge >= 0.3 is 0 Å². The van der Waals surface area contributed by atoms with Gasteiger partial charge in [-0.2, -0.15) is 0 Å². The van der Waals surface area contributed by atoms with Crippen molar-refractivity contribution < 1.29 is 0 Å². The average molecular weight is 119 g/mol. The van der Waals surface area contributed by atoms with Crippen LogP contribution >= 0.6 is 0 Å². The summed E-state index contributed by atoms with van der Waals surface area (Å²) in [6.07, 6.45) is 9.85. The predicted molar refractivity (Wildman–Crippen MR) is 43.7 cm³/mol. The minimum atomic E-state index is -0.0104. The molecule has 0 aliphatic carbocycles. The lowest BCUT2D eigenvalue weighted by atomic mass is 9.80. The zero-order valence-electron chi connectivity index (χ0n) is 5.83. The fourth-order valence-electron chi connectivity index (χ4n) is 0.683. The number of hydrogen-bond donors (Lipinski definition) is 0. The van der Waals surface area contributed by atoms with Gasteiger partial charge in [0.2, 0.25) is 0 Å². The highest BCUT2D eigenvalue weighted by molar-refractivity contribution is 6.17. The van der Waals surface area contributed by atoms with Crippen molar-refractivity contribution in [1.82, 2.24) is 0 Å². The van der Waals surface area contributed by atoms with Gasteiger partial charge in [-0.1, -0.05) is 18.2 Å². The molecule has 46 valence electrons. The molecule has 0 N–H and O–H groups in total. The molecule has 0 aromatic rings. The van der Waals surface area contributed by atoms with Gasteiger partial charge in [-0.25, -0.2) is 0 Å². The molecule has 0 amide bonds. The smallest absolute Gasteiger partial charge is 0.142 e. The Kier molecular flexibility index (Phi) is 1.56. The monoisotopic (exact) mass is 119 g/mol. The topological polar surface area (TPSA) is 12.4 Å². The molecule has 0 radical (unpaired) electrons. The third-order valence-corrected chi connectivity index (χ3v) is 1.22. The molecule has 0 bridgehead atoms. The lowest BCUT2D eigenvalue weighted by molar-refractivity contribution is 0.839. The van der Waals surface area contributed by atoms with Gasteiger partial charge in [0, 0.05) is 11.7 Å². The second-order valence-corrected chi connectivity index (χ2v) is 2.68. The van der Waals surface area contributed by atoms with Crippen LogP contribution in [0.2, 0.25) is 0 Å². The number of nitrogens with zero attached hydrogens (tertiary/aromatic N) is 1. The number of aliphatic imine (C=N–C) groups is 1. The summed E-state index contributed by atoms with van der Waals surface area (Å²) < 4.78 is 0. The lowest BCUT2D eigenvalue weighted by Gasteiger charge is -2.11. The van der Waals surface area contributed by atoms with E-state index in [1.165, 1.54) is 0 Å². The molecule has 0 aromatic carbocycles. The van der Waals surface area contributed by atoms with Crippen LogP contribution in [0.5, 0.6) is 0 Å². The molecule has 0 fully saturated rings. The van der Waals surface area contributed by atoms with Crippen molar-refractivity contribution in [2.45, 2.75) is 12.4 Å². The Labute approximate surface area is 56.6 Å². The largest absolute Gasteiger partial charge is 0.292 e. The SMILES string of the molecule is BC1(C)C=CC=CC=N1. The minimum absolute atomic E-state index is 0.0104. The van der Waals surface area contributed by atoms with Crippen molar-refractivity contribution in [2.24, 2.45) is 4.99 Å². The summed E-state index contributed by atoms with van der Waals surface area (Å²) in [6, 6.07) is 0. The second kappa shape index (κ2) is 2.22. The summed E-state index contributed by atoms with van der Waals surface area (Å²) in [5.74, 6) is 0. The van der Waals surface area contributed by atoms with Crippen LogP contribution in [0.1, 0.15) is 6.92 Å². The van der Waals surface area contributed by atoms with Crippen molar-refractivity contribution in [2.75, 3.05) is 0 Å². The molecule has 0 spiro atoms. The molecule has 1 unspecified atom stereocenters. The van der Waals surface area contributed by atoms with E-state index in [4.69, 9.17) is 0 Å². The van der Waals surface area contributed by atoms with Gasteiger partial charge in [0.25, 0.3) is 0 Å². The van der Waals surface area contributed by atoms with E-state index in [0.717, 1.165) is 0 Å². The van der Waals surface area contributed by atoms with E-state index in [-0.39, 0.29) is 5.44 Å². The molecule has 0 aromatic heterocycles. The highest BCUT2D eigenvalue weighted by atomic mass is 14.8. The van der Waals surface area contributed by atoms with Crippen LogP contribution < -0.4 is 0 Å². The van der Waals surface area contributed by atoms with Crippen LogP contribution in [0.4, 0.5) is 0 Å². The van der Waals surface area contributed by atoms with E-state index >= 15 is 0 Å². The number of hydrogen-bond acceptors (Lipinski definition) is 1. The molecule has 1 nitrogen and oxygen atoms in total. The average Bonchev–Trinajstić information content (AvgIpc) is 1.92. The third kappa shape index (κ3) is 1.88. The molecule has 1 heterocycles. The third-order valence-electron chi connectivity index (χ3n) is 1.22. The highest BCUT2D eigenvalue weighted by Crippen LogP contribution is 2.07. The highest BCUT2D eigenvalue weighted by Gasteiger charge is 2.09. The fraction of sp³-hybridized carbons (Fsp3) is 0.286. The van der Waals surface area contributed by atoms with Gasteiger partial charge in [0.05, 0.1) is 0 Å². The maximum Gasteiger partial charge on any atom is 0.142 e. The second-order valence-electron chi connectivity index (χ2n) is 2.68. The van der Waals surface area contributed by atoms with E-state index in [1.54, 1.807) is 0 Å². The van der Waals surface area contributed by atoms with Gasteiger partial charge in [0.15, 0.2) is 0 Å². The van der Waals surface area contributed by atoms with E-state index in [0.29, 0.717) is 0 Å². The van der Waals surface area contributed by atoms with Gasteiger partial charge in [-0.05, 0) is 13.0 Å². The normalized spacial score (nSPS) is 32.6. The molecular formula is C7H10BN. The Bertz CT molecular complexity index is 159. The van der Waals surface area contributed by atoms with Crippen molar-refractivity contribution in [3.05, 3.63) is 24.3 Å². The van der Waals surface area contributed by atoms with Gasteiger partial charge in [0.1, 0.15) is 7.85 Å². The maximum atomic E-state index is 4.26. The summed E-state index contributed by atoms with van der Waals surface area (Å²) >= 11 is 0. The van der Waals surface area contributed by atoms with Gasteiger partial charge in [-0.3, -0.25) is 4.99 Å². The van der Waals surface area contributed by atoms with Crippen molar-refractivity contribution >= 4 is 14.1 Å². The summed E-state index contributed by atoms with van der Waals surface area (Å²) in [6.45, 7) is 2.08. The Morgan fingerprint density at radius 3 is 2.89 bits per heavy atom.